The number of esters is 2. The molecular weight excluding hydrogens is 280 g/mol. The maximum absolute atomic E-state index is 12.1. The first-order valence-corrected chi connectivity index (χ1v) is 8.35. The largest absolute Gasteiger partial charge is 0.468 e. The normalized spacial score (nSPS) is 41.4. The minimum absolute atomic E-state index is 0.0191. The third kappa shape index (κ3) is 1.95. The van der Waals surface area contributed by atoms with Gasteiger partial charge in [-0.05, 0) is 41.6 Å². The SMILES string of the molecule is COC(=O)C1CC2=C(CC[C@@]3(C)[C@H](C)CCC[C@@]23C)OC1=O. The summed E-state index contributed by atoms with van der Waals surface area (Å²) in [5.74, 6) is -0.230. The van der Waals surface area contributed by atoms with Crippen LogP contribution in [0.2, 0.25) is 0 Å². The van der Waals surface area contributed by atoms with Crippen LogP contribution in [0.1, 0.15) is 59.3 Å². The Morgan fingerprint density at radius 1 is 1.32 bits per heavy atom. The third-order valence-electron chi connectivity index (χ3n) is 6.94. The van der Waals surface area contributed by atoms with Crippen LogP contribution < -0.4 is 0 Å². The van der Waals surface area contributed by atoms with E-state index in [1.165, 1.54) is 25.5 Å². The smallest absolute Gasteiger partial charge is 0.325 e. The minimum atomic E-state index is -0.792. The van der Waals surface area contributed by atoms with E-state index in [0.717, 1.165) is 25.0 Å². The molecule has 4 nitrogen and oxygen atoms in total. The van der Waals surface area contributed by atoms with Crippen LogP contribution in [0.5, 0.6) is 0 Å². The summed E-state index contributed by atoms with van der Waals surface area (Å²) < 4.78 is 10.4. The molecule has 122 valence electrons. The Balaban J connectivity index is 2.02. The van der Waals surface area contributed by atoms with E-state index in [0.29, 0.717) is 12.3 Å². The van der Waals surface area contributed by atoms with E-state index in [1.807, 2.05) is 0 Å². The maximum Gasteiger partial charge on any atom is 0.325 e. The summed E-state index contributed by atoms with van der Waals surface area (Å²) in [6.45, 7) is 7.03. The van der Waals surface area contributed by atoms with Crippen LogP contribution in [0.4, 0.5) is 0 Å². The molecule has 1 unspecified atom stereocenters. The molecule has 2 aliphatic carbocycles. The van der Waals surface area contributed by atoms with Gasteiger partial charge in [-0.1, -0.05) is 33.6 Å². The van der Waals surface area contributed by atoms with Gasteiger partial charge in [0.25, 0.3) is 0 Å². The Morgan fingerprint density at radius 2 is 2.05 bits per heavy atom. The molecule has 22 heavy (non-hydrogen) atoms. The third-order valence-corrected chi connectivity index (χ3v) is 6.94. The summed E-state index contributed by atoms with van der Waals surface area (Å²) in [4.78, 5) is 24.0. The standard InChI is InChI=1S/C18H26O4/c1-11-6-5-8-18(3)13-10-12(15(19)21-4)16(20)22-14(13)7-9-17(11,18)2/h11-12H,5-10H2,1-4H3/t11-,12?,17+,18+/m1/s1. The Morgan fingerprint density at radius 3 is 2.73 bits per heavy atom. The molecule has 1 fully saturated rings. The molecular formula is C18H26O4. The molecule has 0 aromatic heterocycles. The van der Waals surface area contributed by atoms with Gasteiger partial charge >= 0.3 is 11.9 Å². The highest BCUT2D eigenvalue weighted by atomic mass is 16.6. The van der Waals surface area contributed by atoms with Crippen molar-refractivity contribution in [2.24, 2.45) is 22.7 Å². The second-order valence-electron chi connectivity index (χ2n) is 7.65. The van der Waals surface area contributed by atoms with Gasteiger partial charge in [-0.2, -0.15) is 0 Å². The van der Waals surface area contributed by atoms with Gasteiger partial charge in [0.1, 0.15) is 5.76 Å². The number of hydrogen-bond acceptors (Lipinski definition) is 4. The number of carbonyl (C=O) groups is 2. The Kier molecular flexibility index (Phi) is 3.61. The summed E-state index contributed by atoms with van der Waals surface area (Å²) in [5, 5.41) is 0. The molecule has 0 radical (unpaired) electrons. The van der Waals surface area contributed by atoms with Gasteiger partial charge in [-0.25, -0.2) is 0 Å². The van der Waals surface area contributed by atoms with Crippen molar-refractivity contribution >= 4 is 11.9 Å². The lowest BCUT2D eigenvalue weighted by atomic mass is 9.46. The van der Waals surface area contributed by atoms with Crippen LogP contribution in [0, 0.1) is 22.7 Å². The van der Waals surface area contributed by atoms with Crippen molar-refractivity contribution in [1.29, 1.82) is 0 Å². The molecule has 0 saturated heterocycles. The number of ether oxygens (including phenoxy) is 2. The van der Waals surface area contributed by atoms with Gasteiger partial charge < -0.3 is 9.47 Å². The van der Waals surface area contributed by atoms with E-state index in [-0.39, 0.29) is 10.8 Å². The van der Waals surface area contributed by atoms with E-state index in [4.69, 9.17) is 9.47 Å². The van der Waals surface area contributed by atoms with E-state index in [2.05, 4.69) is 20.8 Å². The Labute approximate surface area is 132 Å². The van der Waals surface area contributed by atoms with Gasteiger partial charge in [0.2, 0.25) is 0 Å². The molecule has 1 aliphatic heterocycles. The fourth-order valence-electron chi connectivity index (χ4n) is 5.01. The minimum Gasteiger partial charge on any atom is -0.468 e. The van der Waals surface area contributed by atoms with E-state index in [9.17, 15) is 9.59 Å². The highest BCUT2D eigenvalue weighted by Crippen LogP contribution is 2.64. The monoisotopic (exact) mass is 306 g/mol. The molecule has 1 heterocycles. The van der Waals surface area contributed by atoms with E-state index < -0.39 is 17.9 Å². The zero-order chi connectivity index (χ0) is 16.1. The van der Waals surface area contributed by atoms with Crippen LogP contribution in [0.3, 0.4) is 0 Å². The molecule has 0 aromatic rings. The lowest BCUT2D eigenvalue weighted by molar-refractivity contribution is -0.161. The number of fused-ring (bicyclic) bond motifs is 2. The summed E-state index contributed by atoms with van der Waals surface area (Å²) in [6.07, 6.45) is 5.90. The first-order valence-electron chi connectivity index (χ1n) is 8.35. The zero-order valence-electron chi connectivity index (χ0n) is 14.0. The van der Waals surface area contributed by atoms with Crippen molar-refractivity contribution in [3.05, 3.63) is 11.3 Å². The second-order valence-corrected chi connectivity index (χ2v) is 7.65. The predicted molar refractivity (Wildman–Crippen MR) is 81.7 cm³/mol. The van der Waals surface area contributed by atoms with Gasteiger partial charge in [0.15, 0.2) is 5.92 Å². The van der Waals surface area contributed by atoms with Gasteiger partial charge in [-0.3, -0.25) is 9.59 Å². The van der Waals surface area contributed by atoms with Crippen LogP contribution in [0.15, 0.2) is 11.3 Å². The summed E-state index contributed by atoms with van der Waals surface area (Å²) in [7, 11) is 1.33. The lowest BCUT2D eigenvalue weighted by Gasteiger charge is -2.58. The molecule has 0 aromatic carbocycles. The predicted octanol–water partition coefficient (Wildman–Crippen LogP) is 3.60. The van der Waals surface area contributed by atoms with Crippen LogP contribution in [-0.2, 0) is 19.1 Å². The average Bonchev–Trinajstić information content (AvgIpc) is 2.49. The number of allylic oxidation sites excluding steroid dienone is 2. The second kappa shape index (κ2) is 5.10. The molecule has 3 rings (SSSR count). The summed E-state index contributed by atoms with van der Waals surface area (Å²) >= 11 is 0. The van der Waals surface area contributed by atoms with Gasteiger partial charge in [0, 0.05) is 6.42 Å². The van der Waals surface area contributed by atoms with Crippen LogP contribution in [-0.4, -0.2) is 19.0 Å². The number of methoxy groups -OCH3 is 1. The van der Waals surface area contributed by atoms with Gasteiger partial charge in [-0.15, -0.1) is 0 Å². The van der Waals surface area contributed by atoms with Crippen LogP contribution in [0.25, 0.3) is 0 Å². The quantitative estimate of drug-likeness (QED) is 0.548. The number of carbonyl (C=O) groups excluding carboxylic acids is 2. The van der Waals surface area contributed by atoms with E-state index in [1.54, 1.807) is 0 Å². The molecule has 0 amide bonds. The number of rotatable bonds is 1. The molecule has 0 bridgehead atoms. The fourth-order valence-corrected chi connectivity index (χ4v) is 5.01. The summed E-state index contributed by atoms with van der Waals surface area (Å²) in [5.41, 5.74) is 1.43. The van der Waals surface area contributed by atoms with Crippen molar-refractivity contribution in [3.8, 4) is 0 Å². The molecule has 0 N–H and O–H groups in total. The topological polar surface area (TPSA) is 52.6 Å². The number of hydrogen-bond donors (Lipinski definition) is 0. The zero-order valence-corrected chi connectivity index (χ0v) is 14.0. The lowest BCUT2D eigenvalue weighted by Crippen LogP contribution is -2.51. The molecule has 0 spiro atoms. The van der Waals surface area contributed by atoms with Crippen molar-refractivity contribution in [1.82, 2.24) is 0 Å². The Bertz CT molecular complexity index is 549. The van der Waals surface area contributed by atoms with Gasteiger partial charge in [0.05, 0.1) is 7.11 Å². The molecule has 4 heteroatoms. The highest BCUT2D eigenvalue weighted by Gasteiger charge is 2.57. The highest BCUT2D eigenvalue weighted by molar-refractivity contribution is 5.96. The van der Waals surface area contributed by atoms with Crippen LogP contribution >= 0.6 is 0 Å². The van der Waals surface area contributed by atoms with Crippen molar-refractivity contribution in [3.63, 3.8) is 0 Å². The maximum atomic E-state index is 12.1. The summed E-state index contributed by atoms with van der Waals surface area (Å²) in [6, 6.07) is 0. The molecule has 1 saturated carbocycles. The molecule has 4 atom stereocenters. The first kappa shape index (κ1) is 15.6. The van der Waals surface area contributed by atoms with Crippen molar-refractivity contribution in [2.75, 3.05) is 7.11 Å². The Hall–Kier alpha value is -1.32. The average molecular weight is 306 g/mol. The first-order chi connectivity index (χ1) is 10.3. The van der Waals surface area contributed by atoms with Crippen molar-refractivity contribution in [2.45, 2.75) is 59.3 Å². The molecule has 3 aliphatic rings. The fraction of sp³-hybridized carbons (Fsp3) is 0.778. The van der Waals surface area contributed by atoms with Crippen molar-refractivity contribution < 1.29 is 19.1 Å². The van der Waals surface area contributed by atoms with E-state index >= 15 is 0 Å².